The Bertz CT molecular complexity index is 138. The lowest BCUT2D eigenvalue weighted by molar-refractivity contribution is 0.308. The second kappa shape index (κ2) is 3.54. The molecule has 64 valence electrons. The molecule has 0 aromatic heterocycles. The second-order valence-corrected chi connectivity index (χ2v) is 2.67. The molecule has 0 aromatic rings. The highest BCUT2D eigenvalue weighted by Crippen LogP contribution is 1.93. The minimum atomic E-state index is 0.395. The van der Waals surface area contributed by atoms with Crippen molar-refractivity contribution in [1.82, 2.24) is 15.2 Å². The number of hydrogen-bond donors (Lipinski definition) is 3. The van der Waals surface area contributed by atoms with Gasteiger partial charge in [-0.05, 0) is 0 Å². The molecule has 0 aliphatic carbocycles. The quantitative estimate of drug-likeness (QED) is 0.176. The molecule has 0 aromatic carbocycles. The van der Waals surface area contributed by atoms with Crippen LogP contribution < -0.4 is 11.2 Å². The molecule has 1 aliphatic heterocycles. The van der Waals surface area contributed by atoms with Gasteiger partial charge in [0, 0.05) is 33.2 Å². The smallest absolute Gasteiger partial charge is 0.208 e. The van der Waals surface area contributed by atoms with Crippen LogP contribution in [0.4, 0.5) is 0 Å². The first-order valence-corrected chi connectivity index (χ1v) is 3.74. The largest absolute Gasteiger partial charge is 0.339 e. The van der Waals surface area contributed by atoms with E-state index in [2.05, 4.69) is 5.32 Å². The molecule has 1 aliphatic rings. The molecule has 5 nitrogen and oxygen atoms in total. The lowest BCUT2D eigenvalue weighted by Gasteiger charge is -2.31. The summed E-state index contributed by atoms with van der Waals surface area (Å²) in [6, 6.07) is 0. The van der Waals surface area contributed by atoms with Crippen molar-refractivity contribution in [2.45, 2.75) is 0 Å². The van der Waals surface area contributed by atoms with E-state index in [1.807, 2.05) is 4.90 Å². The number of rotatable bonds is 0. The van der Waals surface area contributed by atoms with E-state index in [0.717, 1.165) is 26.2 Å². The Morgan fingerprint density at radius 3 is 2.55 bits per heavy atom. The minimum absolute atomic E-state index is 0.395. The molecule has 0 amide bonds. The van der Waals surface area contributed by atoms with Gasteiger partial charge in [0.25, 0.3) is 0 Å². The van der Waals surface area contributed by atoms with Gasteiger partial charge in [0.05, 0.1) is 0 Å². The van der Waals surface area contributed by atoms with Crippen molar-refractivity contribution < 1.29 is 0 Å². The molecule has 0 unspecified atom stereocenters. The van der Waals surface area contributed by atoms with E-state index >= 15 is 0 Å². The zero-order valence-corrected chi connectivity index (χ0v) is 6.80. The molecule has 0 atom stereocenters. The molecule has 4 N–H and O–H groups in total. The fraction of sp³-hybridized carbons (Fsp3) is 0.833. The topological polar surface area (TPSA) is 68.4 Å². The zero-order chi connectivity index (χ0) is 8.27. The predicted octanol–water partition coefficient (Wildman–Crippen LogP) is -1.37. The normalized spacial score (nSPS) is 18.2. The van der Waals surface area contributed by atoms with Crippen LogP contribution in [0.15, 0.2) is 0 Å². The van der Waals surface area contributed by atoms with Gasteiger partial charge in [0.1, 0.15) is 0 Å². The molecule has 0 radical (unpaired) electrons. The molecule has 1 saturated heterocycles. The third kappa shape index (κ3) is 2.06. The molecule has 0 spiro atoms. The summed E-state index contributed by atoms with van der Waals surface area (Å²) >= 11 is 0. The van der Waals surface area contributed by atoms with Crippen LogP contribution in [0.1, 0.15) is 0 Å². The summed E-state index contributed by atoms with van der Waals surface area (Å²) in [6.07, 6.45) is 0. The van der Waals surface area contributed by atoms with Gasteiger partial charge in [-0.3, -0.25) is 10.4 Å². The van der Waals surface area contributed by atoms with E-state index in [1.54, 1.807) is 7.05 Å². The number of piperazine rings is 1. The highest BCUT2D eigenvalue weighted by molar-refractivity contribution is 5.76. The maximum atomic E-state index is 7.54. The number of hydrazine groups is 1. The first-order chi connectivity index (χ1) is 5.22. The van der Waals surface area contributed by atoms with Gasteiger partial charge in [-0.1, -0.05) is 0 Å². The Kier molecular flexibility index (Phi) is 2.67. The van der Waals surface area contributed by atoms with E-state index in [0.29, 0.717) is 5.96 Å². The Labute approximate surface area is 66.6 Å². The summed E-state index contributed by atoms with van der Waals surface area (Å²) in [5.74, 6) is 5.81. The molecule has 1 heterocycles. The summed E-state index contributed by atoms with van der Waals surface area (Å²) < 4.78 is 0. The van der Waals surface area contributed by atoms with E-state index in [9.17, 15) is 0 Å². The van der Waals surface area contributed by atoms with Crippen molar-refractivity contribution in [3.63, 3.8) is 0 Å². The minimum Gasteiger partial charge on any atom is -0.339 e. The number of hydrogen-bond acceptors (Lipinski definition) is 3. The van der Waals surface area contributed by atoms with Gasteiger partial charge < -0.3 is 10.2 Å². The lowest BCUT2D eigenvalue weighted by Crippen LogP contribution is -2.52. The molecule has 1 fully saturated rings. The molecule has 5 heteroatoms. The standard InChI is InChI=1S/C6H15N5/c1-10(8)6(7)11-4-2-9-3-5-11/h7,9H,2-5,8H2,1H3. The van der Waals surface area contributed by atoms with E-state index in [4.69, 9.17) is 11.3 Å². The Hall–Kier alpha value is -0.810. The monoisotopic (exact) mass is 157 g/mol. The molecular weight excluding hydrogens is 142 g/mol. The molecule has 1 rings (SSSR count). The Morgan fingerprint density at radius 1 is 1.55 bits per heavy atom. The van der Waals surface area contributed by atoms with Crippen molar-refractivity contribution in [2.24, 2.45) is 5.84 Å². The first-order valence-electron chi connectivity index (χ1n) is 3.74. The van der Waals surface area contributed by atoms with E-state index < -0.39 is 0 Å². The van der Waals surface area contributed by atoms with E-state index in [1.165, 1.54) is 5.01 Å². The Morgan fingerprint density at radius 2 is 2.09 bits per heavy atom. The third-order valence-electron chi connectivity index (χ3n) is 1.75. The van der Waals surface area contributed by atoms with Crippen LogP contribution in [0.5, 0.6) is 0 Å². The molecule has 0 saturated carbocycles. The van der Waals surface area contributed by atoms with Gasteiger partial charge in [0.2, 0.25) is 5.96 Å². The van der Waals surface area contributed by atoms with Crippen molar-refractivity contribution in [2.75, 3.05) is 33.2 Å². The van der Waals surface area contributed by atoms with Gasteiger partial charge >= 0.3 is 0 Å². The lowest BCUT2D eigenvalue weighted by atomic mass is 10.4. The summed E-state index contributed by atoms with van der Waals surface area (Å²) in [5, 5.41) is 12.1. The van der Waals surface area contributed by atoms with Crippen molar-refractivity contribution in [3.05, 3.63) is 0 Å². The van der Waals surface area contributed by atoms with Crippen molar-refractivity contribution in [1.29, 1.82) is 5.41 Å². The molecule has 11 heavy (non-hydrogen) atoms. The van der Waals surface area contributed by atoms with Crippen LogP contribution in [0.2, 0.25) is 0 Å². The number of nitrogens with two attached hydrogens (primary N) is 1. The first kappa shape index (κ1) is 8.29. The van der Waals surface area contributed by atoms with Crippen LogP contribution in [0.25, 0.3) is 0 Å². The predicted molar refractivity (Wildman–Crippen MR) is 44.1 cm³/mol. The van der Waals surface area contributed by atoms with Crippen LogP contribution in [-0.4, -0.2) is 49.1 Å². The SMILES string of the molecule is CN(N)C(=N)N1CCNCC1. The number of nitrogens with zero attached hydrogens (tertiary/aromatic N) is 2. The number of guanidine groups is 1. The fourth-order valence-electron chi connectivity index (χ4n) is 1.10. The zero-order valence-electron chi connectivity index (χ0n) is 6.80. The number of nitrogens with one attached hydrogen (secondary N) is 2. The summed E-state index contributed by atoms with van der Waals surface area (Å²) in [6.45, 7) is 3.63. The maximum absolute atomic E-state index is 7.54. The van der Waals surface area contributed by atoms with Gasteiger partial charge in [0.15, 0.2) is 0 Å². The average Bonchev–Trinajstić information content (AvgIpc) is 2.05. The second-order valence-electron chi connectivity index (χ2n) is 2.67. The summed E-state index contributed by atoms with van der Waals surface area (Å²) in [5.41, 5.74) is 0. The van der Waals surface area contributed by atoms with Crippen LogP contribution in [-0.2, 0) is 0 Å². The summed E-state index contributed by atoms with van der Waals surface area (Å²) in [7, 11) is 1.68. The maximum Gasteiger partial charge on any atom is 0.208 e. The van der Waals surface area contributed by atoms with Crippen molar-refractivity contribution >= 4 is 5.96 Å². The van der Waals surface area contributed by atoms with Crippen molar-refractivity contribution in [3.8, 4) is 0 Å². The highest BCUT2D eigenvalue weighted by atomic mass is 15.5. The van der Waals surface area contributed by atoms with E-state index in [-0.39, 0.29) is 0 Å². The fourth-order valence-corrected chi connectivity index (χ4v) is 1.10. The Balaban J connectivity index is 2.39. The van der Waals surface area contributed by atoms with Gasteiger partial charge in [-0.15, -0.1) is 0 Å². The third-order valence-corrected chi connectivity index (χ3v) is 1.75. The molecular formula is C6H15N5. The average molecular weight is 157 g/mol. The van der Waals surface area contributed by atoms with Crippen LogP contribution in [0.3, 0.4) is 0 Å². The summed E-state index contributed by atoms with van der Waals surface area (Å²) in [4.78, 5) is 1.95. The van der Waals surface area contributed by atoms with Gasteiger partial charge in [-0.25, -0.2) is 5.84 Å². The van der Waals surface area contributed by atoms with Crippen LogP contribution in [0, 0.1) is 5.41 Å². The van der Waals surface area contributed by atoms with Gasteiger partial charge in [-0.2, -0.15) is 0 Å². The highest BCUT2D eigenvalue weighted by Gasteiger charge is 2.13. The van der Waals surface area contributed by atoms with Crippen LogP contribution >= 0.6 is 0 Å². The molecule has 0 bridgehead atoms.